The highest BCUT2D eigenvalue weighted by Crippen LogP contribution is 2.48. The summed E-state index contributed by atoms with van der Waals surface area (Å²) in [4.78, 5) is 17.5. The number of unbranched alkanes of at least 4 members (excludes halogenated alkanes) is 1. The van der Waals surface area contributed by atoms with Crippen LogP contribution in [0.15, 0.2) is 59.4 Å². The Hall–Kier alpha value is -2.92. The van der Waals surface area contributed by atoms with Crippen molar-refractivity contribution in [3.63, 3.8) is 0 Å². The Morgan fingerprint density at radius 1 is 1.20 bits per heavy atom. The Kier molecular flexibility index (Phi) is 4.70. The summed E-state index contributed by atoms with van der Waals surface area (Å²) in [6, 6.07) is 14.8. The van der Waals surface area contributed by atoms with Crippen molar-refractivity contribution in [3.05, 3.63) is 70.7 Å². The minimum Gasteiger partial charge on any atom is -0.466 e. The van der Waals surface area contributed by atoms with Crippen molar-refractivity contribution in [3.8, 4) is 16.8 Å². The van der Waals surface area contributed by atoms with Gasteiger partial charge in [-0.25, -0.2) is 4.98 Å². The summed E-state index contributed by atoms with van der Waals surface area (Å²) >= 11 is 1.68. The average molecular weight is 417 g/mol. The maximum absolute atomic E-state index is 12.7. The van der Waals surface area contributed by atoms with Gasteiger partial charge in [0.1, 0.15) is 5.65 Å². The van der Waals surface area contributed by atoms with Crippen LogP contribution in [0.2, 0.25) is 0 Å². The molecule has 4 aromatic rings. The van der Waals surface area contributed by atoms with Gasteiger partial charge < -0.3 is 4.74 Å². The Labute approximate surface area is 180 Å². The highest BCUT2D eigenvalue weighted by atomic mass is 32.1. The first-order valence-electron chi connectivity index (χ1n) is 10.4. The fraction of sp³-hybridized carbons (Fsp3) is 0.280. The number of thiophene rings is 1. The zero-order valence-electron chi connectivity index (χ0n) is 17.2. The van der Waals surface area contributed by atoms with Gasteiger partial charge in [-0.2, -0.15) is 11.3 Å². The molecule has 1 unspecified atom stereocenters. The second-order valence-electron chi connectivity index (χ2n) is 8.11. The molecule has 5 rings (SSSR count). The van der Waals surface area contributed by atoms with Gasteiger partial charge in [0, 0.05) is 28.3 Å². The molecule has 4 nitrogen and oxygen atoms in total. The Morgan fingerprint density at radius 2 is 2.07 bits per heavy atom. The number of ether oxygens (including phenoxy) is 1. The standard InChI is InChI=1S/C25H24N2O2S/c1-3-4-10-29-23(28)14-25(2)20-7-5-6-8-21(20)27-22(25)13-18-12-19(15-26-24(18)27)17-9-11-30-16-17/h5-9,11-13,15-16H,3-4,10,14H2,1-2H3. The number of benzene rings is 1. The number of para-hydroxylation sites is 1. The maximum Gasteiger partial charge on any atom is 0.307 e. The molecule has 0 aliphatic carbocycles. The highest BCUT2D eigenvalue weighted by Gasteiger charge is 2.43. The molecule has 1 atom stereocenters. The number of aromatic nitrogens is 2. The molecular formula is C25H24N2O2S. The molecule has 30 heavy (non-hydrogen) atoms. The third-order valence-corrected chi connectivity index (χ3v) is 6.74. The molecular weight excluding hydrogens is 392 g/mol. The molecule has 5 heteroatoms. The Morgan fingerprint density at radius 3 is 2.87 bits per heavy atom. The first kappa shape index (κ1) is 19.1. The van der Waals surface area contributed by atoms with Crippen LogP contribution in [0.3, 0.4) is 0 Å². The van der Waals surface area contributed by atoms with E-state index in [0.717, 1.165) is 46.4 Å². The SMILES string of the molecule is CCCCOC(=O)CC1(C)c2ccccc2-n2c1cc1cc(-c3ccsc3)cnc12. The van der Waals surface area contributed by atoms with E-state index in [0.29, 0.717) is 13.0 Å². The number of pyridine rings is 1. The third-order valence-electron chi connectivity index (χ3n) is 6.06. The van der Waals surface area contributed by atoms with E-state index >= 15 is 0 Å². The second kappa shape index (κ2) is 7.40. The van der Waals surface area contributed by atoms with E-state index < -0.39 is 5.41 Å². The van der Waals surface area contributed by atoms with Crippen molar-refractivity contribution in [2.45, 2.75) is 38.5 Å². The van der Waals surface area contributed by atoms with Gasteiger partial charge in [0.05, 0.1) is 18.7 Å². The quantitative estimate of drug-likeness (QED) is 0.281. The summed E-state index contributed by atoms with van der Waals surface area (Å²) in [5, 5.41) is 5.31. The minimum absolute atomic E-state index is 0.147. The smallest absolute Gasteiger partial charge is 0.307 e. The van der Waals surface area contributed by atoms with E-state index in [1.165, 1.54) is 5.56 Å². The van der Waals surface area contributed by atoms with Crippen LogP contribution in [-0.2, 0) is 14.9 Å². The van der Waals surface area contributed by atoms with Gasteiger partial charge in [-0.15, -0.1) is 0 Å². The van der Waals surface area contributed by atoms with E-state index in [2.05, 4.69) is 59.5 Å². The minimum atomic E-state index is -0.441. The molecule has 0 fully saturated rings. The van der Waals surface area contributed by atoms with Gasteiger partial charge in [0.15, 0.2) is 0 Å². The molecule has 0 bridgehead atoms. The fourth-order valence-electron chi connectivity index (χ4n) is 4.46. The molecule has 4 heterocycles. The fourth-order valence-corrected chi connectivity index (χ4v) is 5.12. The van der Waals surface area contributed by atoms with Crippen LogP contribution in [0.5, 0.6) is 0 Å². The van der Waals surface area contributed by atoms with Crippen molar-refractivity contribution < 1.29 is 9.53 Å². The summed E-state index contributed by atoms with van der Waals surface area (Å²) in [5.74, 6) is -0.147. The van der Waals surface area contributed by atoms with E-state index in [-0.39, 0.29) is 5.97 Å². The average Bonchev–Trinajstić information content (AvgIpc) is 3.45. The molecule has 0 saturated heterocycles. The van der Waals surface area contributed by atoms with E-state index in [1.54, 1.807) is 11.3 Å². The van der Waals surface area contributed by atoms with Gasteiger partial charge in [-0.1, -0.05) is 31.5 Å². The van der Waals surface area contributed by atoms with Gasteiger partial charge in [0.25, 0.3) is 0 Å². The lowest BCUT2D eigenvalue weighted by molar-refractivity contribution is -0.144. The van der Waals surface area contributed by atoms with Crippen molar-refractivity contribution in [2.24, 2.45) is 0 Å². The van der Waals surface area contributed by atoms with E-state index in [4.69, 9.17) is 9.72 Å². The zero-order chi connectivity index (χ0) is 20.7. The monoisotopic (exact) mass is 416 g/mol. The van der Waals surface area contributed by atoms with Crippen molar-refractivity contribution in [2.75, 3.05) is 6.61 Å². The molecule has 0 saturated carbocycles. The van der Waals surface area contributed by atoms with Crippen LogP contribution < -0.4 is 0 Å². The van der Waals surface area contributed by atoms with Crippen LogP contribution in [0, 0.1) is 0 Å². The van der Waals surface area contributed by atoms with E-state index in [1.807, 2.05) is 18.3 Å². The molecule has 152 valence electrons. The normalized spacial score (nSPS) is 17.1. The summed E-state index contributed by atoms with van der Waals surface area (Å²) < 4.78 is 7.73. The number of esters is 1. The lowest BCUT2D eigenvalue weighted by Gasteiger charge is -2.24. The summed E-state index contributed by atoms with van der Waals surface area (Å²) in [6.45, 7) is 4.73. The summed E-state index contributed by atoms with van der Waals surface area (Å²) in [7, 11) is 0. The number of carbonyl (C=O) groups is 1. The highest BCUT2D eigenvalue weighted by molar-refractivity contribution is 7.08. The number of nitrogens with zero attached hydrogens (tertiary/aromatic N) is 2. The van der Waals surface area contributed by atoms with Crippen LogP contribution in [0.25, 0.3) is 27.8 Å². The molecule has 0 N–H and O–H groups in total. The van der Waals surface area contributed by atoms with Crippen LogP contribution in [0.4, 0.5) is 0 Å². The lowest BCUT2D eigenvalue weighted by Crippen LogP contribution is -2.26. The molecule has 1 aliphatic rings. The molecule has 3 aromatic heterocycles. The van der Waals surface area contributed by atoms with Crippen LogP contribution in [0.1, 0.15) is 44.4 Å². The molecule has 1 aliphatic heterocycles. The lowest BCUT2D eigenvalue weighted by atomic mass is 9.78. The predicted molar refractivity (Wildman–Crippen MR) is 121 cm³/mol. The number of hydrogen-bond acceptors (Lipinski definition) is 4. The third kappa shape index (κ3) is 2.96. The van der Waals surface area contributed by atoms with Crippen LogP contribution >= 0.6 is 11.3 Å². The number of fused-ring (bicyclic) bond motifs is 5. The first-order chi connectivity index (χ1) is 14.6. The first-order valence-corrected chi connectivity index (χ1v) is 11.4. The van der Waals surface area contributed by atoms with Gasteiger partial charge in [0.2, 0.25) is 0 Å². The number of rotatable bonds is 6. The topological polar surface area (TPSA) is 44.1 Å². The van der Waals surface area contributed by atoms with Crippen LogP contribution in [-0.4, -0.2) is 22.1 Å². The predicted octanol–water partition coefficient (Wildman–Crippen LogP) is 6.11. The van der Waals surface area contributed by atoms with Gasteiger partial charge >= 0.3 is 5.97 Å². The summed E-state index contributed by atoms with van der Waals surface area (Å²) in [5.41, 5.74) is 6.13. The van der Waals surface area contributed by atoms with Gasteiger partial charge in [-0.05, 0) is 59.5 Å². The number of hydrogen-bond donors (Lipinski definition) is 0. The molecule has 0 radical (unpaired) electrons. The van der Waals surface area contributed by atoms with Gasteiger partial charge in [-0.3, -0.25) is 9.36 Å². The Balaban J connectivity index is 1.60. The van der Waals surface area contributed by atoms with Crippen molar-refractivity contribution >= 4 is 28.3 Å². The second-order valence-corrected chi connectivity index (χ2v) is 8.89. The van der Waals surface area contributed by atoms with E-state index in [9.17, 15) is 4.79 Å². The number of carbonyl (C=O) groups excluding carboxylic acids is 1. The summed E-state index contributed by atoms with van der Waals surface area (Å²) in [6.07, 6.45) is 4.17. The van der Waals surface area contributed by atoms with Crippen molar-refractivity contribution in [1.29, 1.82) is 0 Å². The Bertz CT molecular complexity index is 1230. The largest absolute Gasteiger partial charge is 0.466 e. The molecule has 1 aromatic carbocycles. The molecule has 0 spiro atoms. The zero-order valence-corrected chi connectivity index (χ0v) is 18.0. The maximum atomic E-state index is 12.7. The molecule has 0 amide bonds. The van der Waals surface area contributed by atoms with Crippen molar-refractivity contribution in [1.82, 2.24) is 9.55 Å².